The molecule has 1 fully saturated rings. The molecular weight excluding hydrogens is 445 g/mol. The second-order valence-corrected chi connectivity index (χ2v) is 20.4. The van der Waals surface area contributed by atoms with E-state index in [9.17, 15) is 9.59 Å². The lowest BCUT2D eigenvalue weighted by molar-refractivity contribution is -0.147. The molecule has 3 rings (SSSR count). The van der Waals surface area contributed by atoms with Crippen LogP contribution in [0.25, 0.3) is 0 Å². The van der Waals surface area contributed by atoms with Crippen LogP contribution in [0.3, 0.4) is 0 Å². The summed E-state index contributed by atoms with van der Waals surface area (Å²) in [5.41, 5.74) is 1.31. The van der Waals surface area contributed by atoms with Crippen molar-refractivity contribution in [3.63, 3.8) is 0 Å². The molecular formula is C16H28N6O3S2Si2. The minimum absolute atomic E-state index is 0.0463. The Balaban J connectivity index is 1.86. The molecule has 1 unspecified atom stereocenters. The van der Waals surface area contributed by atoms with Gasteiger partial charge in [0.15, 0.2) is 0 Å². The zero-order valence-electron chi connectivity index (χ0n) is 17.8. The number of rotatable bonds is 7. The molecule has 1 amide bonds. The van der Waals surface area contributed by atoms with Crippen molar-refractivity contribution in [2.24, 2.45) is 7.05 Å². The molecule has 0 spiro atoms. The van der Waals surface area contributed by atoms with Gasteiger partial charge in [-0.1, -0.05) is 31.4 Å². The Bertz CT molecular complexity index is 848. The standard InChI is InChI=1S/C16H28N6O3S2Si2/c1-21-16(17-19-20-21)27-9-10-8-26-14-11(18-28(2,3)4)13(23)22(14)12(10)15(24)25-29(5,6)7/h11,14,18H,8-9H2,1-7H3/t11?,14-/m0/s1. The number of β-lactam (4-membered cyclic amide) rings is 1. The predicted octanol–water partition coefficient (Wildman–Crippen LogP) is 1.64. The minimum atomic E-state index is -2.10. The normalized spacial score (nSPS) is 22.4. The summed E-state index contributed by atoms with van der Waals surface area (Å²) in [5, 5.41) is 12.1. The summed E-state index contributed by atoms with van der Waals surface area (Å²) >= 11 is 3.14. The molecule has 1 N–H and O–H groups in total. The second-order valence-electron chi connectivity index (χ2n) is 9.11. The number of fused-ring (bicyclic) bond motifs is 1. The number of carbonyl (C=O) groups is 2. The van der Waals surface area contributed by atoms with Crippen LogP contribution < -0.4 is 4.98 Å². The van der Waals surface area contributed by atoms with E-state index in [-0.39, 0.29) is 23.3 Å². The van der Waals surface area contributed by atoms with Gasteiger partial charge in [0.2, 0.25) is 19.4 Å². The van der Waals surface area contributed by atoms with Crippen molar-refractivity contribution < 1.29 is 14.0 Å². The first-order valence-corrected chi connectivity index (χ1v) is 18.3. The van der Waals surface area contributed by atoms with Gasteiger partial charge in [0.1, 0.15) is 25.3 Å². The number of nitrogens with one attached hydrogen (secondary N) is 1. The number of aromatic nitrogens is 4. The summed E-state index contributed by atoms with van der Waals surface area (Å²) in [6.45, 7) is 12.4. The van der Waals surface area contributed by atoms with E-state index in [1.54, 1.807) is 28.4 Å². The molecule has 1 aromatic heterocycles. The van der Waals surface area contributed by atoms with Gasteiger partial charge in [-0.15, -0.1) is 16.9 Å². The van der Waals surface area contributed by atoms with Crippen LogP contribution >= 0.6 is 23.5 Å². The smallest absolute Gasteiger partial charge is 0.341 e. The summed E-state index contributed by atoms with van der Waals surface area (Å²) in [7, 11) is -1.97. The van der Waals surface area contributed by atoms with Crippen molar-refractivity contribution in [1.29, 1.82) is 0 Å². The lowest BCUT2D eigenvalue weighted by Gasteiger charge is -2.51. The van der Waals surface area contributed by atoms with Crippen molar-refractivity contribution in [3.8, 4) is 0 Å². The first kappa shape index (κ1) is 22.5. The van der Waals surface area contributed by atoms with Crippen molar-refractivity contribution in [1.82, 2.24) is 30.1 Å². The molecule has 0 saturated carbocycles. The highest BCUT2D eigenvalue weighted by Gasteiger charge is 2.54. The molecule has 0 aliphatic carbocycles. The van der Waals surface area contributed by atoms with Crippen molar-refractivity contribution >= 4 is 52.0 Å². The van der Waals surface area contributed by atoms with E-state index < -0.39 is 16.6 Å². The first-order valence-electron chi connectivity index (χ1n) is 9.40. The highest BCUT2D eigenvalue weighted by molar-refractivity contribution is 8.01. The van der Waals surface area contributed by atoms with Gasteiger partial charge in [0, 0.05) is 18.6 Å². The summed E-state index contributed by atoms with van der Waals surface area (Å²) in [5.74, 6) is 0.767. The molecule has 1 saturated heterocycles. The second kappa shape index (κ2) is 8.17. The fourth-order valence-corrected chi connectivity index (χ4v) is 7.39. The lowest BCUT2D eigenvalue weighted by Crippen LogP contribution is -2.73. The van der Waals surface area contributed by atoms with E-state index in [1.165, 1.54) is 11.8 Å². The fourth-order valence-electron chi connectivity index (χ4n) is 3.07. The van der Waals surface area contributed by atoms with Gasteiger partial charge in [0.25, 0.3) is 0 Å². The number of aryl methyl sites for hydroxylation is 1. The average molecular weight is 473 g/mol. The van der Waals surface area contributed by atoms with E-state index in [2.05, 4.69) is 40.1 Å². The van der Waals surface area contributed by atoms with Crippen molar-refractivity contribution in [2.45, 2.75) is 55.9 Å². The number of tetrazole rings is 1. The van der Waals surface area contributed by atoms with Crippen LogP contribution in [0.4, 0.5) is 0 Å². The van der Waals surface area contributed by atoms with Crippen LogP contribution in [0.2, 0.25) is 39.3 Å². The third-order valence-corrected chi connectivity index (χ3v) is 8.60. The maximum absolute atomic E-state index is 13.1. The Morgan fingerprint density at radius 1 is 1.31 bits per heavy atom. The third kappa shape index (κ3) is 5.13. The molecule has 0 bridgehead atoms. The Kier molecular flexibility index (Phi) is 6.35. The Hall–Kier alpha value is -1.16. The average Bonchev–Trinajstić information content (AvgIpc) is 2.99. The fraction of sp³-hybridized carbons (Fsp3) is 0.688. The molecule has 160 valence electrons. The number of nitrogens with zero attached hydrogens (tertiary/aromatic N) is 5. The van der Waals surface area contributed by atoms with E-state index in [1.807, 2.05) is 19.6 Å². The van der Waals surface area contributed by atoms with Gasteiger partial charge in [-0.3, -0.25) is 9.69 Å². The Morgan fingerprint density at radius 2 is 2.00 bits per heavy atom. The maximum Gasteiger partial charge on any atom is 0.341 e. The van der Waals surface area contributed by atoms with E-state index in [4.69, 9.17) is 4.43 Å². The highest BCUT2D eigenvalue weighted by Crippen LogP contribution is 2.42. The quantitative estimate of drug-likeness (QED) is 0.360. The number of hydrogen-bond acceptors (Lipinski definition) is 9. The number of amides is 1. The van der Waals surface area contributed by atoms with Crippen molar-refractivity contribution in [2.75, 3.05) is 11.5 Å². The largest absolute Gasteiger partial charge is 0.515 e. The van der Waals surface area contributed by atoms with Crippen LogP contribution in [-0.2, 0) is 21.1 Å². The van der Waals surface area contributed by atoms with E-state index in [0.717, 1.165) is 5.57 Å². The summed E-state index contributed by atoms with van der Waals surface area (Å²) in [4.78, 5) is 31.2. The maximum atomic E-state index is 13.1. The van der Waals surface area contributed by atoms with Crippen LogP contribution in [0, 0.1) is 0 Å². The molecule has 9 nitrogen and oxygen atoms in total. The molecule has 2 aliphatic rings. The van der Waals surface area contributed by atoms with Gasteiger partial charge in [-0.05, 0) is 35.6 Å². The van der Waals surface area contributed by atoms with Crippen LogP contribution in [-0.4, -0.2) is 76.5 Å². The SMILES string of the molecule is Cn1nnnc1SCC1=C(C(=O)O[Si](C)(C)C)N2C(=O)C(N[Si](C)(C)C)[C@@H]2SC1. The molecule has 13 heteroatoms. The first-order chi connectivity index (χ1) is 13.4. The van der Waals surface area contributed by atoms with E-state index in [0.29, 0.717) is 22.4 Å². The predicted molar refractivity (Wildman–Crippen MR) is 119 cm³/mol. The number of thioether (sulfide) groups is 2. The van der Waals surface area contributed by atoms with Crippen molar-refractivity contribution in [3.05, 3.63) is 11.3 Å². The van der Waals surface area contributed by atoms with Gasteiger partial charge >= 0.3 is 5.97 Å². The zero-order valence-corrected chi connectivity index (χ0v) is 21.5. The van der Waals surface area contributed by atoms with Gasteiger partial charge in [0.05, 0.1) is 0 Å². The lowest BCUT2D eigenvalue weighted by atomic mass is 10.0. The summed E-state index contributed by atoms with van der Waals surface area (Å²) in [6.07, 6.45) is 0. The molecule has 0 aromatic carbocycles. The van der Waals surface area contributed by atoms with E-state index >= 15 is 0 Å². The zero-order chi connectivity index (χ0) is 21.6. The molecule has 3 heterocycles. The minimum Gasteiger partial charge on any atom is -0.515 e. The van der Waals surface area contributed by atoms with Crippen LogP contribution in [0.15, 0.2) is 16.4 Å². The van der Waals surface area contributed by atoms with Crippen LogP contribution in [0.1, 0.15) is 0 Å². The highest BCUT2D eigenvalue weighted by atomic mass is 32.2. The number of hydrogen-bond donors (Lipinski definition) is 1. The molecule has 1 aromatic rings. The third-order valence-electron chi connectivity index (χ3n) is 4.18. The topological polar surface area (TPSA) is 102 Å². The van der Waals surface area contributed by atoms with Gasteiger partial charge in [-0.25, -0.2) is 9.48 Å². The summed E-state index contributed by atoms with van der Waals surface area (Å²) in [6, 6.07) is -0.238. The van der Waals surface area contributed by atoms with Crippen LogP contribution in [0.5, 0.6) is 0 Å². The monoisotopic (exact) mass is 472 g/mol. The number of carbonyl (C=O) groups excluding carboxylic acids is 2. The molecule has 0 radical (unpaired) electrons. The molecule has 2 aliphatic heterocycles. The summed E-state index contributed by atoms with van der Waals surface area (Å²) < 4.78 is 7.37. The molecule has 2 atom stereocenters. The Morgan fingerprint density at radius 3 is 2.55 bits per heavy atom. The van der Waals surface area contributed by atoms with Gasteiger partial charge in [-0.2, -0.15) is 0 Å². The Labute approximate surface area is 181 Å². The van der Waals surface area contributed by atoms with Gasteiger partial charge < -0.3 is 9.41 Å². The molecule has 29 heavy (non-hydrogen) atoms.